The summed E-state index contributed by atoms with van der Waals surface area (Å²) in [4.78, 5) is 15.1. The Balaban J connectivity index is 2.03. The van der Waals surface area contributed by atoms with Crippen LogP contribution in [0.2, 0.25) is 0 Å². The van der Waals surface area contributed by atoms with Gasteiger partial charge < -0.3 is 19.9 Å². The first-order valence-electron chi connectivity index (χ1n) is 11.8. The van der Waals surface area contributed by atoms with Gasteiger partial charge in [-0.25, -0.2) is 0 Å². The van der Waals surface area contributed by atoms with E-state index in [0.29, 0.717) is 40.5 Å². The van der Waals surface area contributed by atoms with E-state index in [2.05, 4.69) is 6.07 Å². The fourth-order valence-electron chi connectivity index (χ4n) is 5.23. The molecule has 1 heterocycles. The molecule has 0 spiro atoms. The van der Waals surface area contributed by atoms with Crippen LogP contribution in [0.1, 0.15) is 43.7 Å². The van der Waals surface area contributed by atoms with Gasteiger partial charge in [0.15, 0.2) is 17.3 Å². The summed E-state index contributed by atoms with van der Waals surface area (Å²) in [5.74, 6) is -0.162. The molecule has 2 aliphatic rings. The molecule has 1 aliphatic heterocycles. The van der Waals surface area contributed by atoms with Crippen molar-refractivity contribution in [3.05, 3.63) is 70.2 Å². The number of nitrogens with two attached hydrogens (primary N) is 1. The normalized spacial score (nSPS) is 19.2. The molecule has 200 valence electrons. The van der Waals surface area contributed by atoms with E-state index in [-0.39, 0.29) is 29.3 Å². The molecule has 0 unspecified atom stereocenters. The van der Waals surface area contributed by atoms with Crippen molar-refractivity contribution < 1.29 is 32.2 Å². The molecule has 1 atom stereocenters. The molecule has 0 fully saturated rings. The molecular weight excluding hydrogens is 499 g/mol. The molecule has 0 amide bonds. The lowest BCUT2D eigenvalue weighted by molar-refractivity contribution is -0.137. The Morgan fingerprint density at radius 2 is 1.68 bits per heavy atom. The maximum absolute atomic E-state index is 13.7. The molecule has 0 bridgehead atoms. The first kappa shape index (κ1) is 26.9. The Labute approximate surface area is 218 Å². The first-order valence-corrected chi connectivity index (χ1v) is 11.8. The van der Waals surface area contributed by atoms with Crippen molar-refractivity contribution in [2.45, 2.75) is 38.8 Å². The third kappa shape index (κ3) is 4.53. The molecule has 2 N–H and O–H groups in total. The van der Waals surface area contributed by atoms with Crippen LogP contribution in [-0.4, -0.2) is 27.1 Å². The van der Waals surface area contributed by atoms with Gasteiger partial charge >= 0.3 is 6.18 Å². The van der Waals surface area contributed by atoms with Crippen LogP contribution in [0.25, 0.3) is 0 Å². The topological polar surface area (TPSA) is 97.8 Å². The van der Waals surface area contributed by atoms with Gasteiger partial charge in [-0.3, -0.25) is 9.69 Å². The first-order chi connectivity index (χ1) is 17.9. The minimum absolute atomic E-state index is 0.0310. The highest BCUT2D eigenvalue weighted by Crippen LogP contribution is 2.52. The average molecular weight is 528 g/mol. The lowest BCUT2D eigenvalue weighted by atomic mass is 9.68. The summed E-state index contributed by atoms with van der Waals surface area (Å²) in [5.41, 5.74) is 6.63. The molecule has 10 heteroatoms. The maximum atomic E-state index is 13.7. The molecule has 2 aromatic rings. The second-order valence-electron chi connectivity index (χ2n) is 9.99. The van der Waals surface area contributed by atoms with Crippen LogP contribution in [-0.2, 0) is 11.0 Å². The van der Waals surface area contributed by atoms with Crippen molar-refractivity contribution in [3.8, 4) is 23.3 Å². The Bertz CT molecular complexity index is 1380. The number of carbonyl (C=O) groups is 1. The van der Waals surface area contributed by atoms with Crippen molar-refractivity contribution in [1.29, 1.82) is 5.26 Å². The summed E-state index contributed by atoms with van der Waals surface area (Å²) >= 11 is 0. The number of rotatable bonds is 5. The van der Waals surface area contributed by atoms with Crippen molar-refractivity contribution >= 4 is 11.5 Å². The van der Waals surface area contributed by atoms with E-state index >= 15 is 0 Å². The third-order valence-corrected chi connectivity index (χ3v) is 6.83. The Morgan fingerprint density at radius 3 is 2.21 bits per heavy atom. The zero-order valence-electron chi connectivity index (χ0n) is 21.7. The van der Waals surface area contributed by atoms with E-state index < -0.39 is 23.1 Å². The molecule has 7 nitrogen and oxygen atoms in total. The fraction of sp³-hybridized carbons (Fsp3) is 0.357. The van der Waals surface area contributed by atoms with E-state index in [0.717, 1.165) is 12.1 Å². The number of hydrogen-bond donors (Lipinski definition) is 1. The minimum Gasteiger partial charge on any atom is -0.493 e. The highest BCUT2D eigenvalue weighted by atomic mass is 19.4. The van der Waals surface area contributed by atoms with E-state index in [1.54, 1.807) is 12.1 Å². The number of benzene rings is 2. The smallest absolute Gasteiger partial charge is 0.416 e. The number of anilines is 1. The monoisotopic (exact) mass is 527 g/mol. The van der Waals surface area contributed by atoms with Crippen molar-refractivity contribution in [1.82, 2.24) is 0 Å². The molecule has 4 rings (SSSR count). The Hall–Kier alpha value is -4.13. The highest BCUT2D eigenvalue weighted by molar-refractivity contribution is 6.01. The van der Waals surface area contributed by atoms with Crippen LogP contribution in [0.5, 0.6) is 17.2 Å². The number of allylic oxidation sites excluding steroid dienone is 3. The minimum atomic E-state index is -4.58. The summed E-state index contributed by atoms with van der Waals surface area (Å²) in [6, 6.07) is 10.1. The van der Waals surface area contributed by atoms with E-state index in [9.17, 15) is 23.2 Å². The summed E-state index contributed by atoms with van der Waals surface area (Å²) in [6.45, 7) is 3.82. The van der Waals surface area contributed by atoms with Crippen molar-refractivity contribution in [2.24, 2.45) is 11.1 Å². The van der Waals surface area contributed by atoms with E-state index in [4.69, 9.17) is 19.9 Å². The van der Waals surface area contributed by atoms with Crippen LogP contribution >= 0.6 is 0 Å². The van der Waals surface area contributed by atoms with Gasteiger partial charge in [0.2, 0.25) is 5.75 Å². The second kappa shape index (κ2) is 9.63. The number of ketones is 1. The predicted molar refractivity (Wildman–Crippen MR) is 135 cm³/mol. The number of ether oxygens (including phenoxy) is 3. The van der Waals surface area contributed by atoms with Gasteiger partial charge in [0.05, 0.1) is 44.5 Å². The summed E-state index contributed by atoms with van der Waals surface area (Å²) < 4.78 is 57.1. The Kier molecular flexibility index (Phi) is 6.82. The largest absolute Gasteiger partial charge is 0.493 e. The quantitative estimate of drug-likeness (QED) is 0.535. The molecule has 0 aromatic heterocycles. The zero-order chi connectivity index (χ0) is 28.0. The van der Waals surface area contributed by atoms with Gasteiger partial charge in [-0.2, -0.15) is 18.4 Å². The van der Waals surface area contributed by atoms with Gasteiger partial charge in [-0.15, -0.1) is 0 Å². The number of halogens is 3. The molecule has 0 radical (unpaired) electrons. The van der Waals surface area contributed by atoms with Crippen LogP contribution in [0.15, 0.2) is 59.1 Å². The van der Waals surface area contributed by atoms with E-state index in [1.165, 1.54) is 38.4 Å². The van der Waals surface area contributed by atoms with Gasteiger partial charge in [0.1, 0.15) is 5.82 Å². The molecular formula is C28H28F3N3O4. The van der Waals surface area contributed by atoms with E-state index in [1.807, 2.05) is 13.8 Å². The average Bonchev–Trinajstić information content (AvgIpc) is 2.85. The lowest BCUT2D eigenvalue weighted by Gasteiger charge is -2.44. The number of Topliss-reactive ketones (excluding diaryl/α,β-unsaturated/α-hetero) is 1. The van der Waals surface area contributed by atoms with Crippen LogP contribution in [0.4, 0.5) is 18.9 Å². The van der Waals surface area contributed by atoms with Crippen molar-refractivity contribution in [2.75, 3.05) is 26.2 Å². The molecule has 38 heavy (non-hydrogen) atoms. The van der Waals surface area contributed by atoms with Crippen molar-refractivity contribution in [3.63, 3.8) is 0 Å². The number of alkyl halides is 3. The maximum Gasteiger partial charge on any atom is 0.416 e. The fourth-order valence-corrected chi connectivity index (χ4v) is 5.23. The van der Waals surface area contributed by atoms with Gasteiger partial charge in [0.25, 0.3) is 0 Å². The molecule has 1 aliphatic carbocycles. The Morgan fingerprint density at radius 1 is 1.05 bits per heavy atom. The lowest BCUT2D eigenvalue weighted by Crippen LogP contribution is -2.42. The number of nitrogens with zero attached hydrogens (tertiary/aromatic N) is 2. The predicted octanol–water partition coefficient (Wildman–Crippen LogP) is 5.67. The van der Waals surface area contributed by atoms with Gasteiger partial charge in [-0.05, 0) is 47.7 Å². The summed E-state index contributed by atoms with van der Waals surface area (Å²) in [5, 5.41) is 10.3. The van der Waals surface area contributed by atoms with Crippen LogP contribution < -0.4 is 24.8 Å². The van der Waals surface area contributed by atoms with Gasteiger partial charge in [0, 0.05) is 23.4 Å². The number of carbonyl (C=O) groups excluding carboxylic acids is 1. The van der Waals surface area contributed by atoms with Crippen LogP contribution in [0.3, 0.4) is 0 Å². The standard InChI is InChI=1S/C28H28F3N3O4/c1-27(2)12-19-24(20(35)13-27)23(15-9-21(36-3)25(38-5)22(10-15)37-4)18(14-32)26(33)34(19)17-8-6-7-16(11-17)28(29,30)31/h6-11,23H,12-13,33H2,1-5H3/t23-/m0/s1. The summed E-state index contributed by atoms with van der Waals surface area (Å²) in [7, 11) is 4.36. The number of methoxy groups -OCH3 is 3. The summed E-state index contributed by atoms with van der Waals surface area (Å²) in [6.07, 6.45) is -4.04. The number of hydrogen-bond acceptors (Lipinski definition) is 7. The second-order valence-corrected chi connectivity index (χ2v) is 9.99. The zero-order valence-corrected chi connectivity index (χ0v) is 21.7. The number of nitriles is 1. The molecule has 0 saturated heterocycles. The molecule has 0 saturated carbocycles. The third-order valence-electron chi connectivity index (χ3n) is 6.83. The highest BCUT2D eigenvalue weighted by Gasteiger charge is 2.45. The van der Waals surface area contributed by atoms with Gasteiger partial charge in [-0.1, -0.05) is 19.9 Å². The van der Waals surface area contributed by atoms with Crippen LogP contribution in [0, 0.1) is 16.7 Å². The molecule has 2 aromatic carbocycles. The SMILES string of the molecule is COc1cc([C@H]2C(C#N)=C(N)N(c3cccc(C(F)(F)F)c3)C3=C2C(=O)CC(C)(C)C3)cc(OC)c1OC.